The average Bonchev–Trinajstić information content (AvgIpc) is 2.34. The minimum atomic E-state index is 0.614. The van der Waals surface area contributed by atoms with Gasteiger partial charge in [0.1, 0.15) is 12.4 Å². The second kappa shape index (κ2) is 7.39. The average molecular weight is 236 g/mol. The summed E-state index contributed by atoms with van der Waals surface area (Å²) in [5.74, 6) is 2.31. The fourth-order valence-electron chi connectivity index (χ4n) is 1.42. The highest BCUT2D eigenvalue weighted by Crippen LogP contribution is 2.21. The number of thiol groups is 1. The van der Waals surface area contributed by atoms with Crippen LogP contribution in [-0.4, -0.2) is 12.4 Å². The van der Waals surface area contributed by atoms with Gasteiger partial charge in [0.05, 0.1) is 0 Å². The smallest absolute Gasteiger partial charge is 0.119 e. The number of rotatable bonds is 6. The third-order valence-electron chi connectivity index (χ3n) is 2.68. The van der Waals surface area contributed by atoms with Crippen LogP contribution in [0.3, 0.4) is 0 Å². The molecule has 0 heterocycles. The molecule has 88 valence electrons. The molecule has 0 saturated heterocycles. The van der Waals surface area contributed by atoms with E-state index in [1.807, 2.05) is 24.3 Å². The quantitative estimate of drug-likeness (QED) is 0.579. The van der Waals surface area contributed by atoms with Crippen LogP contribution in [0.1, 0.15) is 31.7 Å². The van der Waals surface area contributed by atoms with Gasteiger partial charge >= 0.3 is 0 Å². The Kier molecular flexibility index (Phi) is 6.09. The van der Waals surface area contributed by atoms with Crippen molar-refractivity contribution in [3.8, 4) is 5.75 Å². The van der Waals surface area contributed by atoms with Crippen molar-refractivity contribution in [3.63, 3.8) is 0 Å². The van der Waals surface area contributed by atoms with Crippen LogP contribution in [0.4, 0.5) is 0 Å². The fourth-order valence-corrected chi connectivity index (χ4v) is 1.56. The van der Waals surface area contributed by atoms with Crippen LogP contribution in [-0.2, 0) is 0 Å². The van der Waals surface area contributed by atoms with Crippen LogP contribution in [0.25, 0.3) is 0 Å². The molecule has 0 N–H and O–H groups in total. The summed E-state index contributed by atoms with van der Waals surface area (Å²) in [6.07, 6.45) is 5.14. The lowest BCUT2D eigenvalue weighted by atomic mass is 9.99. The molecule has 0 aliphatic carbocycles. The molecule has 2 heteroatoms. The summed E-state index contributed by atoms with van der Waals surface area (Å²) in [6.45, 7) is 5.06. The van der Waals surface area contributed by atoms with Crippen molar-refractivity contribution < 1.29 is 4.74 Å². The third kappa shape index (κ3) is 4.31. The van der Waals surface area contributed by atoms with Crippen molar-refractivity contribution in [1.82, 2.24) is 0 Å². The van der Waals surface area contributed by atoms with Crippen LogP contribution in [0.15, 0.2) is 36.4 Å². The monoisotopic (exact) mass is 236 g/mol. The Morgan fingerprint density at radius 1 is 1.25 bits per heavy atom. The Labute approximate surface area is 104 Å². The van der Waals surface area contributed by atoms with E-state index in [1.165, 1.54) is 12.0 Å². The zero-order valence-corrected chi connectivity index (χ0v) is 10.9. The van der Waals surface area contributed by atoms with Gasteiger partial charge in [0, 0.05) is 5.75 Å². The van der Waals surface area contributed by atoms with Crippen molar-refractivity contribution in [2.24, 2.45) is 0 Å². The predicted octanol–water partition coefficient (Wildman–Crippen LogP) is 4.06. The Hall–Kier alpha value is -0.890. The molecular formula is C14H20OS. The lowest BCUT2D eigenvalue weighted by Crippen LogP contribution is -1.95. The first-order valence-corrected chi connectivity index (χ1v) is 6.39. The first-order valence-electron chi connectivity index (χ1n) is 5.76. The minimum Gasteiger partial charge on any atom is -0.490 e. The van der Waals surface area contributed by atoms with Crippen LogP contribution in [0.2, 0.25) is 0 Å². The summed E-state index contributed by atoms with van der Waals surface area (Å²) in [6, 6.07) is 8.36. The lowest BCUT2D eigenvalue weighted by Gasteiger charge is -2.09. The van der Waals surface area contributed by atoms with Crippen molar-refractivity contribution in [3.05, 3.63) is 42.0 Å². The molecule has 1 rings (SSSR count). The minimum absolute atomic E-state index is 0.614. The summed E-state index contributed by atoms with van der Waals surface area (Å²) in [4.78, 5) is 0. The Balaban J connectivity index is 2.48. The van der Waals surface area contributed by atoms with Crippen molar-refractivity contribution in [2.45, 2.75) is 26.2 Å². The van der Waals surface area contributed by atoms with Gasteiger partial charge in [-0.05, 0) is 30.0 Å². The van der Waals surface area contributed by atoms with Gasteiger partial charge < -0.3 is 4.74 Å². The van der Waals surface area contributed by atoms with E-state index in [4.69, 9.17) is 4.74 Å². The molecule has 0 amide bonds. The van der Waals surface area contributed by atoms with Crippen molar-refractivity contribution in [1.29, 1.82) is 0 Å². The van der Waals surface area contributed by atoms with Crippen LogP contribution < -0.4 is 4.74 Å². The molecule has 0 saturated carbocycles. The third-order valence-corrected chi connectivity index (χ3v) is 2.89. The second-order valence-electron chi connectivity index (χ2n) is 3.84. The van der Waals surface area contributed by atoms with E-state index in [1.54, 1.807) is 0 Å². The molecule has 0 aliphatic rings. The first-order chi connectivity index (χ1) is 7.77. The van der Waals surface area contributed by atoms with Gasteiger partial charge in [-0.1, -0.05) is 38.1 Å². The maximum Gasteiger partial charge on any atom is 0.119 e. The topological polar surface area (TPSA) is 9.23 Å². The lowest BCUT2D eigenvalue weighted by molar-refractivity contribution is 0.362. The molecule has 16 heavy (non-hydrogen) atoms. The summed E-state index contributed by atoms with van der Waals surface area (Å²) in [5.41, 5.74) is 1.38. The van der Waals surface area contributed by atoms with Crippen molar-refractivity contribution >= 4 is 12.6 Å². The second-order valence-corrected chi connectivity index (χ2v) is 4.21. The molecule has 1 unspecified atom stereocenters. The molecule has 0 aliphatic heterocycles. The normalized spacial score (nSPS) is 12.9. The van der Waals surface area contributed by atoms with Crippen LogP contribution in [0, 0.1) is 0 Å². The number of hydrogen-bond acceptors (Lipinski definition) is 2. The highest BCUT2D eigenvalue weighted by Gasteiger charge is 2.02. The summed E-state index contributed by atoms with van der Waals surface area (Å²) in [7, 11) is 0. The molecule has 0 aromatic heterocycles. The van der Waals surface area contributed by atoms with Gasteiger partial charge in [-0.2, -0.15) is 12.6 Å². The molecule has 0 radical (unpaired) electrons. The maximum atomic E-state index is 5.56. The number of ether oxygens (including phenoxy) is 1. The van der Waals surface area contributed by atoms with E-state index in [-0.39, 0.29) is 0 Å². The van der Waals surface area contributed by atoms with Gasteiger partial charge in [0.2, 0.25) is 0 Å². The number of benzene rings is 1. The summed E-state index contributed by atoms with van der Waals surface area (Å²) in [5, 5.41) is 0. The van der Waals surface area contributed by atoms with Crippen LogP contribution in [0.5, 0.6) is 5.75 Å². The summed E-state index contributed by atoms with van der Waals surface area (Å²) >= 11 is 4.09. The predicted molar refractivity (Wildman–Crippen MR) is 73.6 cm³/mol. The highest BCUT2D eigenvalue weighted by atomic mass is 32.1. The van der Waals surface area contributed by atoms with E-state index in [0.717, 1.165) is 11.5 Å². The highest BCUT2D eigenvalue weighted by molar-refractivity contribution is 7.80. The van der Waals surface area contributed by atoms with E-state index in [0.29, 0.717) is 12.5 Å². The van der Waals surface area contributed by atoms with Crippen LogP contribution >= 0.6 is 12.6 Å². The first kappa shape index (κ1) is 13.2. The van der Waals surface area contributed by atoms with Crippen molar-refractivity contribution in [2.75, 3.05) is 12.4 Å². The number of hydrogen-bond donors (Lipinski definition) is 1. The van der Waals surface area contributed by atoms with E-state index >= 15 is 0 Å². The molecule has 1 nitrogen and oxygen atoms in total. The molecular weight excluding hydrogens is 216 g/mol. The Morgan fingerprint density at radius 3 is 2.50 bits per heavy atom. The van der Waals surface area contributed by atoms with Gasteiger partial charge in [-0.3, -0.25) is 0 Å². The zero-order chi connectivity index (χ0) is 11.8. The van der Waals surface area contributed by atoms with Gasteiger partial charge in [-0.15, -0.1) is 0 Å². The maximum absolute atomic E-state index is 5.56. The van der Waals surface area contributed by atoms with E-state index in [2.05, 4.69) is 38.6 Å². The Bertz CT molecular complexity index is 316. The summed E-state index contributed by atoms with van der Waals surface area (Å²) < 4.78 is 5.56. The van der Waals surface area contributed by atoms with E-state index < -0.39 is 0 Å². The van der Waals surface area contributed by atoms with Gasteiger partial charge in [0.25, 0.3) is 0 Å². The molecule has 0 fully saturated rings. The van der Waals surface area contributed by atoms with E-state index in [9.17, 15) is 0 Å². The standard InChI is InChI=1S/C14H20OS/c1-3-12(2)13-6-8-14(9-7-13)15-10-4-5-11-16/h4-9,12,16H,3,10-11H2,1-2H3/b5-4+. The SMILES string of the molecule is CCC(C)c1ccc(OC/C=C/CS)cc1. The van der Waals surface area contributed by atoms with Gasteiger partial charge in [0.15, 0.2) is 0 Å². The molecule has 1 aromatic carbocycles. The molecule has 1 atom stereocenters. The molecule has 1 aromatic rings. The zero-order valence-electron chi connectivity index (χ0n) is 10.0. The largest absolute Gasteiger partial charge is 0.490 e. The Morgan fingerprint density at radius 2 is 1.94 bits per heavy atom. The fraction of sp³-hybridized carbons (Fsp3) is 0.429. The van der Waals surface area contributed by atoms with Gasteiger partial charge in [-0.25, -0.2) is 0 Å². The molecule has 0 bridgehead atoms. The molecule has 0 spiro atoms.